The van der Waals surface area contributed by atoms with Gasteiger partial charge in [-0.25, -0.2) is 0 Å². The fourth-order valence-corrected chi connectivity index (χ4v) is 3.37. The fourth-order valence-electron chi connectivity index (χ4n) is 2.99. The smallest absolute Gasteiger partial charge is 0.124 e. The van der Waals surface area contributed by atoms with Crippen molar-refractivity contribution >= 4 is 15.9 Å². The maximum absolute atomic E-state index is 6.36. The van der Waals surface area contributed by atoms with Gasteiger partial charge < -0.3 is 10.5 Å². The van der Waals surface area contributed by atoms with Gasteiger partial charge in [0.2, 0.25) is 0 Å². The normalized spacial score (nSPS) is 24.2. The molecule has 3 rings (SSSR count). The highest BCUT2D eigenvalue weighted by Gasteiger charge is 2.35. The van der Waals surface area contributed by atoms with Gasteiger partial charge in [-0.2, -0.15) is 0 Å². The number of aryl methyl sites for hydroxylation is 1. The minimum atomic E-state index is -0.198. The molecule has 1 aliphatic heterocycles. The lowest BCUT2D eigenvalue weighted by molar-refractivity contribution is 0.0458. The molecule has 21 heavy (non-hydrogen) atoms. The predicted molar refractivity (Wildman–Crippen MR) is 89.5 cm³/mol. The minimum absolute atomic E-state index is 0.0343. The maximum Gasteiger partial charge on any atom is 0.124 e. The summed E-state index contributed by atoms with van der Waals surface area (Å²) in [5.41, 5.74) is 8.60. The van der Waals surface area contributed by atoms with Crippen molar-refractivity contribution in [2.45, 2.75) is 37.8 Å². The Hall–Kier alpha value is -1.32. The minimum Gasteiger partial charge on any atom is -0.487 e. The molecule has 1 aliphatic rings. The van der Waals surface area contributed by atoms with Crippen LogP contribution in [0.5, 0.6) is 5.75 Å². The van der Waals surface area contributed by atoms with Crippen LogP contribution in [-0.2, 0) is 6.42 Å². The van der Waals surface area contributed by atoms with E-state index in [1.165, 1.54) is 5.56 Å². The van der Waals surface area contributed by atoms with E-state index >= 15 is 0 Å². The Bertz CT molecular complexity index is 628. The quantitative estimate of drug-likeness (QED) is 0.880. The van der Waals surface area contributed by atoms with Gasteiger partial charge in [-0.3, -0.25) is 0 Å². The summed E-state index contributed by atoms with van der Waals surface area (Å²) in [6.07, 6.45) is 2.83. The highest BCUT2D eigenvalue weighted by atomic mass is 79.9. The largest absolute Gasteiger partial charge is 0.487 e. The van der Waals surface area contributed by atoms with Crippen LogP contribution in [0.4, 0.5) is 0 Å². The topological polar surface area (TPSA) is 35.2 Å². The molecular formula is C18H20BrNO. The summed E-state index contributed by atoms with van der Waals surface area (Å²) < 4.78 is 7.31. The summed E-state index contributed by atoms with van der Waals surface area (Å²) in [5, 5.41) is 0. The zero-order chi connectivity index (χ0) is 14.9. The van der Waals surface area contributed by atoms with Gasteiger partial charge in [-0.1, -0.05) is 46.3 Å². The van der Waals surface area contributed by atoms with E-state index in [0.717, 1.165) is 35.0 Å². The Kier molecular flexibility index (Phi) is 4.05. The molecule has 2 nitrogen and oxygen atoms in total. The molecule has 2 aromatic carbocycles. The van der Waals surface area contributed by atoms with Crippen molar-refractivity contribution in [2.24, 2.45) is 5.73 Å². The van der Waals surface area contributed by atoms with E-state index in [2.05, 4.69) is 53.2 Å². The molecular weight excluding hydrogens is 326 g/mol. The van der Waals surface area contributed by atoms with E-state index in [1.807, 2.05) is 18.2 Å². The molecule has 110 valence electrons. The van der Waals surface area contributed by atoms with E-state index in [4.69, 9.17) is 10.5 Å². The van der Waals surface area contributed by atoms with E-state index in [9.17, 15) is 0 Å². The summed E-state index contributed by atoms with van der Waals surface area (Å²) in [6.45, 7) is 2.17. The fraction of sp³-hybridized carbons (Fsp3) is 0.333. The second-order valence-electron chi connectivity index (χ2n) is 6.03. The van der Waals surface area contributed by atoms with Crippen molar-refractivity contribution in [1.29, 1.82) is 0 Å². The van der Waals surface area contributed by atoms with E-state index in [-0.39, 0.29) is 11.6 Å². The van der Waals surface area contributed by atoms with Crippen LogP contribution in [-0.4, -0.2) is 5.60 Å². The number of rotatable bonds is 3. The summed E-state index contributed by atoms with van der Waals surface area (Å²) >= 11 is 3.50. The molecule has 2 N–H and O–H groups in total. The Morgan fingerprint density at radius 3 is 2.76 bits per heavy atom. The lowest BCUT2D eigenvalue weighted by Gasteiger charge is -2.39. The summed E-state index contributed by atoms with van der Waals surface area (Å²) in [4.78, 5) is 0. The van der Waals surface area contributed by atoms with Crippen molar-refractivity contribution in [1.82, 2.24) is 0 Å². The molecule has 2 aromatic rings. The zero-order valence-corrected chi connectivity index (χ0v) is 13.8. The van der Waals surface area contributed by atoms with Crippen molar-refractivity contribution in [3.05, 3.63) is 64.1 Å². The predicted octanol–water partition coefficient (Wildman–Crippen LogP) is 4.62. The average molecular weight is 346 g/mol. The first-order valence-corrected chi connectivity index (χ1v) is 8.13. The van der Waals surface area contributed by atoms with Crippen LogP contribution in [0.1, 0.15) is 36.9 Å². The van der Waals surface area contributed by atoms with Gasteiger partial charge in [0.05, 0.1) is 0 Å². The molecule has 0 aliphatic carbocycles. The zero-order valence-electron chi connectivity index (χ0n) is 12.2. The Balaban J connectivity index is 1.76. The lowest BCUT2D eigenvalue weighted by Crippen LogP contribution is -2.40. The lowest BCUT2D eigenvalue weighted by atomic mass is 9.85. The van der Waals surface area contributed by atoms with E-state index in [1.54, 1.807) is 0 Å². The van der Waals surface area contributed by atoms with Gasteiger partial charge in [0.1, 0.15) is 11.4 Å². The summed E-state index contributed by atoms with van der Waals surface area (Å²) in [5.74, 6) is 0.924. The molecule has 0 spiro atoms. The SMILES string of the molecule is CC1(CCc2ccccc2)CC(N)c2cc(Br)ccc2O1. The molecule has 0 bridgehead atoms. The Labute approximate surface area is 134 Å². The molecule has 2 atom stereocenters. The van der Waals surface area contributed by atoms with Crippen LogP contribution in [0.3, 0.4) is 0 Å². The Morgan fingerprint density at radius 2 is 2.00 bits per heavy atom. The van der Waals surface area contributed by atoms with E-state index in [0.29, 0.717) is 0 Å². The second kappa shape index (κ2) is 5.82. The molecule has 0 saturated carbocycles. The van der Waals surface area contributed by atoms with Crippen molar-refractivity contribution in [3.63, 3.8) is 0 Å². The third-order valence-corrected chi connectivity index (χ3v) is 4.66. The highest BCUT2D eigenvalue weighted by molar-refractivity contribution is 9.10. The molecule has 0 radical (unpaired) electrons. The number of benzene rings is 2. The van der Waals surface area contributed by atoms with Crippen LogP contribution in [0.15, 0.2) is 53.0 Å². The van der Waals surface area contributed by atoms with Crippen molar-refractivity contribution in [3.8, 4) is 5.75 Å². The number of hydrogen-bond acceptors (Lipinski definition) is 2. The number of hydrogen-bond donors (Lipinski definition) is 1. The van der Waals surface area contributed by atoms with E-state index < -0.39 is 0 Å². The Morgan fingerprint density at radius 1 is 1.24 bits per heavy atom. The standard InChI is InChI=1S/C18H20BrNO/c1-18(10-9-13-5-3-2-4-6-13)12-16(20)15-11-14(19)7-8-17(15)21-18/h2-8,11,16H,9-10,12,20H2,1H3. The monoisotopic (exact) mass is 345 g/mol. The first-order valence-electron chi connectivity index (χ1n) is 7.34. The molecule has 0 saturated heterocycles. The number of nitrogens with two attached hydrogens (primary N) is 1. The molecule has 2 unspecified atom stereocenters. The third-order valence-electron chi connectivity index (χ3n) is 4.16. The first kappa shape index (κ1) is 14.6. The maximum atomic E-state index is 6.36. The molecule has 0 amide bonds. The van der Waals surface area contributed by atoms with Gasteiger partial charge in [0.15, 0.2) is 0 Å². The molecule has 3 heteroatoms. The summed E-state index contributed by atoms with van der Waals surface area (Å²) in [7, 11) is 0. The van der Waals surface area contributed by atoms with Crippen LogP contribution >= 0.6 is 15.9 Å². The van der Waals surface area contributed by atoms with Crippen LogP contribution < -0.4 is 10.5 Å². The van der Waals surface area contributed by atoms with Crippen molar-refractivity contribution in [2.75, 3.05) is 0 Å². The third kappa shape index (κ3) is 3.30. The number of fused-ring (bicyclic) bond motifs is 1. The highest BCUT2D eigenvalue weighted by Crippen LogP contribution is 2.41. The van der Waals surface area contributed by atoms with Crippen LogP contribution in [0.2, 0.25) is 0 Å². The van der Waals surface area contributed by atoms with Gasteiger partial charge in [-0.15, -0.1) is 0 Å². The van der Waals surface area contributed by atoms with Crippen molar-refractivity contribution < 1.29 is 4.74 Å². The first-order chi connectivity index (χ1) is 10.1. The van der Waals surface area contributed by atoms with Crippen LogP contribution in [0.25, 0.3) is 0 Å². The summed E-state index contributed by atoms with van der Waals surface area (Å²) in [6, 6.07) is 16.7. The van der Waals surface area contributed by atoms with Gasteiger partial charge >= 0.3 is 0 Å². The molecule has 0 fully saturated rings. The molecule has 1 heterocycles. The molecule has 0 aromatic heterocycles. The van der Waals surface area contributed by atoms with Gasteiger partial charge in [-0.05, 0) is 43.5 Å². The van der Waals surface area contributed by atoms with Gasteiger partial charge in [0, 0.05) is 22.5 Å². The van der Waals surface area contributed by atoms with Gasteiger partial charge in [0.25, 0.3) is 0 Å². The average Bonchev–Trinajstić information content (AvgIpc) is 2.47. The number of ether oxygens (including phenoxy) is 1. The number of halogens is 1. The second-order valence-corrected chi connectivity index (χ2v) is 6.95. The van der Waals surface area contributed by atoms with Crippen LogP contribution in [0, 0.1) is 0 Å².